The Morgan fingerprint density at radius 1 is 1.00 bits per heavy atom. The molecule has 31 heavy (non-hydrogen) atoms. The average molecular weight is 433 g/mol. The van der Waals surface area contributed by atoms with Gasteiger partial charge in [-0.1, -0.05) is 12.1 Å². The second-order valence-electron chi connectivity index (χ2n) is 8.02. The Balaban J connectivity index is 2.04. The number of ether oxygens (including phenoxy) is 5. The fraction of sp³-hybridized carbons (Fsp3) is 0.458. The van der Waals surface area contributed by atoms with Crippen molar-refractivity contribution in [2.45, 2.75) is 45.3 Å². The smallest absolute Gasteiger partial charge is 0.344 e. The molecule has 7 heteroatoms. The van der Waals surface area contributed by atoms with E-state index in [1.165, 1.54) is 0 Å². The highest BCUT2D eigenvalue weighted by atomic mass is 16.6. The third-order valence-electron chi connectivity index (χ3n) is 4.47. The number of aliphatic hydroxyl groups is 1. The van der Waals surface area contributed by atoms with Crippen LogP contribution >= 0.6 is 0 Å². The summed E-state index contributed by atoms with van der Waals surface area (Å²) in [6.45, 7) is 5.20. The standard InChI is InChI=1S/C24H32O7/c1-24(2,3)31-22(26)15-30-18-9-7-8-16(12-18)20(25)11-10-17-13-19(27-4)14-21(28-5)23(17)29-6/h7-9,12-14,20,25H,10-11,15H2,1-6H3. The quantitative estimate of drug-likeness (QED) is 0.566. The molecule has 2 aromatic rings. The Bertz CT molecular complexity index is 871. The van der Waals surface area contributed by atoms with E-state index in [9.17, 15) is 9.90 Å². The number of hydrogen-bond acceptors (Lipinski definition) is 7. The van der Waals surface area contributed by atoms with E-state index >= 15 is 0 Å². The van der Waals surface area contributed by atoms with Crippen molar-refractivity contribution in [1.29, 1.82) is 0 Å². The SMILES string of the molecule is COc1cc(CCC(O)c2cccc(OCC(=O)OC(C)(C)C)c2)c(OC)c(OC)c1. The van der Waals surface area contributed by atoms with Crippen molar-refractivity contribution in [2.24, 2.45) is 0 Å². The largest absolute Gasteiger partial charge is 0.497 e. The van der Waals surface area contributed by atoms with Crippen molar-refractivity contribution in [3.8, 4) is 23.0 Å². The van der Waals surface area contributed by atoms with Gasteiger partial charge in [0.15, 0.2) is 18.1 Å². The number of hydrogen-bond donors (Lipinski definition) is 1. The Kier molecular flexibility index (Phi) is 8.56. The second-order valence-corrected chi connectivity index (χ2v) is 8.02. The molecule has 0 aromatic heterocycles. The van der Waals surface area contributed by atoms with Gasteiger partial charge in [0.2, 0.25) is 0 Å². The zero-order valence-electron chi connectivity index (χ0n) is 19.1. The third kappa shape index (κ3) is 7.36. The summed E-state index contributed by atoms with van der Waals surface area (Å²) >= 11 is 0. The summed E-state index contributed by atoms with van der Waals surface area (Å²) in [7, 11) is 4.73. The second kappa shape index (κ2) is 10.9. The van der Waals surface area contributed by atoms with E-state index in [1.807, 2.05) is 12.1 Å². The van der Waals surface area contributed by atoms with Gasteiger partial charge in [0.1, 0.15) is 17.1 Å². The van der Waals surface area contributed by atoms with E-state index in [2.05, 4.69) is 0 Å². The van der Waals surface area contributed by atoms with E-state index in [0.29, 0.717) is 41.4 Å². The van der Waals surface area contributed by atoms with Gasteiger partial charge in [0.25, 0.3) is 0 Å². The average Bonchev–Trinajstić information content (AvgIpc) is 2.74. The van der Waals surface area contributed by atoms with Gasteiger partial charge in [0, 0.05) is 11.6 Å². The summed E-state index contributed by atoms with van der Waals surface area (Å²) in [5.41, 5.74) is 0.994. The van der Waals surface area contributed by atoms with E-state index in [4.69, 9.17) is 23.7 Å². The number of carbonyl (C=O) groups excluding carboxylic acids is 1. The molecule has 0 aliphatic carbocycles. The fourth-order valence-electron chi connectivity index (χ4n) is 3.10. The third-order valence-corrected chi connectivity index (χ3v) is 4.47. The minimum Gasteiger partial charge on any atom is -0.497 e. The molecule has 7 nitrogen and oxygen atoms in total. The van der Waals surface area contributed by atoms with E-state index in [-0.39, 0.29) is 6.61 Å². The van der Waals surface area contributed by atoms with Gasteiger partial charge in [-0.15, -0.1) is 0 Å². The molecule has 170 valence electrons. The zero-order chi connectivity index (χ0) is 23.0. The summed E-state index contributed by atoms with van der Waals surface area (Å²) in [6, 6.07) is 10.7. The number of benzene rings is 2. The molecule has 0 saturated heterocycles. The summed E-state index contributed by atoms with van der Waals surface area (Å²) < 4.78 is 27.0. The van der Waals surface area contributed by atoms with Crippen LogP contribution in [0.4, 0.5) is 0 Å². The van der Waals surface area contributed by atoms with Crippen LogP contribution in [-0.4, -0.2) is 44.6 Å². The maximum atomic E-state index is 11.8. The van der Waals surface area contributed by atoms with Crippen LogP contribution in [0, 0.1) is 0 Å². The van der Waals surface area contributed by atoms with Gasteiger partial charge in [-0.05, 0) is 57.4 Å². The summed E-state index contributed by atoms with van der Waals surface area (Å²) in [5.74, 6) is 1.88. The van der Waals surface area contributed by atoms with Crippen LogP contribution in [0.1, 0.15) is 44.4 Å². The number of carbonyl (C=O) groups is 1. The van der Waals surface area contributed by atoms with Crippen molar-refractivity contribution in [2.75, 3.05) is 27.9 Å². The van der Waals surface area contributed by atoms with Crippen LogP contribution in [0.5, 0.6) is 23.0 Å². The molecule has 0 amide bonds. The maximum absolute atomic E-state index is 11.8. The molecule has 0 heterocycles. The number of esters is 1. The molecular weight excluding hydrogens is 400 g/mol. The van der Waals surface area contributed by atoms with Crippen LogP contribution < -0.4 is 18.9 Å². The lowest BCUT2D eigenvalue weighted by atomic mass is 10.00. The first-order chi connectivity index (χ1) is 14.7. The first-order valence-corrected chi connectivity index (χ1v) is 10.1. The molecule has 2 aromatic carbocycles. The van der Waals surface area contributed by atoms with Crippen molar-refractivity contribution in [3.63, 3.8) is 0 Å². The molecule has 0 radical (unpaired) electrons. The van der Waals surface area contributed by atoms with E-state index < -0.39 is 17.7 Å². The van der Waals surface area contributed by atoms with Gasteiger partial charge < -0.3 is 28.8 Å². The lowest BCUT2D eigenvalue weighted by Gasteiger charge is -2.19. The summed E-state index contributed by atoms with van der Waals surface area (Å²) in [5, 5.41) is 10.7. The number of rotatable bonds is 10. The molecule has 0 fully saturated rings. The Morgan fingerprint density at radius 2 is 1.74 bits per heavy atom. The van der Waals surface area contributed by atoms with Crippen LogP contribution in [0.2, 0.25) is 0 Å². The highest BCUT2D eigenvalue weighted by molar-refractivity contribution is 5.71. The lowest BCUT2D eigenvalue weighted by molar-refractivity contribution is -0.157. The number of methoxy groups -OCH3 is 3. The van der Waals surface area contributed by atoms with Crippen LogP contribution in [0.25, 0.3) is 0 Å². The minimum atomic E-state index is -0.730. The van der Waals surface area contributed by atoms with Crippen LogP contribution in [0.3, 0.4) is 0 Å². The highest BCUT2D eigenvalue weighted by Crippen LogP contribution is 2.37. The zero-order valence-corrected chi connectivity index (χ0v) is 19.1. The van der Waals surface area contributed by atoms with Crippen molar-refractivity contribution in [3.05, 3.63) is 47.5 Å². The Hall–Kier alpha value is -2.93. The van der Waals surface area contributed by atoms with Crippen molar-refractivity contribution in [1.82, 2.24) is 0 Å². The fourth-order valence-corrected chi connectivity index (χ4v) is 3.10. The number of aryl methyl sites for hydroxylation is 1. The van der Waals surface area contributed by atoms with E-state index in [0.717, 1.165) is 5.56 Å². The summed E-state index contributed by atoms with van der Waals surface area (Å²) in [4.78, 5) is 11.8. The normalized spacial score (nSPS) is 12.1. The van der Waals surface area contributed by atoms with Gasteiger partial charge in [-0.3, -0.25) is 0 Å². The molecule has 0 aliphatic rings. The van der Waals surface area contributed by atoms with Crippen molar-refractivity contribution < 1.29 is 33.6 Å². The van der Waals surface area contributed by atoms with Crippen molar-refractivity contribution >= 4 is 5.97 Å². The van der Waals surface area contributed by atoms with Gasteiger partial charge >= 0.3 is 5.97 Å². The molecule has 0 spiro atoms. The molecule has 0 bridgehead atoms. The lowest BCUT2D eigenvalue weighted by Crippen LogP contribution is -2.27. The highest BCUT2D eigenvalue weighted by Gasteiger charge is 2.18. The maximum Gasteiger partial charge on any atom is 0.344 e. The van der Waals surface area contributed by atoms with Gasteiger partial charge in [-0.25, -0.2) is 4.79 Å². The predicted molar refractivity (Wildman–Crippen MR) is 117 cm³/mol. The molecule has 0 aliphatic heterocycles. The Labute approximate surface area is 183 Å². The van der Waals surface area contributed by atoms with E-state index in [1.54, 1.807) is 66.4 Å². The molecule has 1 unspecified atom stereocenters. The van der Waals surface area contributed by atoms with Crippen LogP contribution in [0.15, 0.2) is 36.4 Å². The molecule has 0 saturated carbocycles. The first-order valence-electron chi connectivity index (χ1n) is 10.1. The predicted octanol–water partition coefficient (Wildman–Crippen LogP) is 4.10. The van der Waals surface area contributed by atoms with Gasteiger partial charge in [0.05, 0.1) is 27.4 Å². The van der Waals surface area contributed by atoms with Gasteiger partial charge in [-0.2, -0.15) is 0 Å². The molecule has 1 N–H and O–H groups in total. The topological polar surface area (TPSA) is 83.5 Å². The molecular formula is C24H32O7. The number of aliphatic hydroxyl groups excluding tert-OH is 1. The Morgan fingerprint density at radius 3 is 2.35 bits per heavy atom. The summed E-state index contributed by atoms with van der Waals surface area (Å²) in [6.07, 6.45) is 0.260. The molecule has 1 atom stereocenters. The van der Waals surface area contributed by atoms with Crippen LogP contribution in [-0.2, 0) is 16.0 Å². The monoisotopic (exact) mass is 432 g/mol. The first kappa shape index (κ1) is 24.3. The molecule has 2 rings (SSSR count). The minimum absolute atomic E-state index is 0.197.